The molecule has 3 N–H and O–H groups in total. The molecule has 3 aromatic rings. The van der Waals surface area contributed by atoms with Crippen LogP contribution < -0.4 is 10.2 Å². The van der Waals surface area contributed by atoms with Crippen molar-refractivity contribution < 1.29 is 19.4 Å². The van der Waals surface area contributed by atoms with E-state index in [1.54, 1.807) is 30.3 Å². The molecule has 1 aliphatic rings. The Kier molecular flexibility index (Phi) is 4.68. The molecule has 2 heterocycles. The van der Waals surface area contributed by atoms with Gasteiger partial charge in [-0.25, -0.2) is 19.2 Å². The molecular weight excluding hydrogens is 363 g/mol. The Morgan fingerprint density at radius 2 is 2.07 bits per heavy atom. The molecule has 1 amide bonds. The molecule has 144 valence electrons. The fourth-order valence-electron chi connectivity index (χ4n) is 3.53. The molecule has 8 heteroatoms. The van der Waals surface area contributed by atoms with Crippen molar-refractivity contribution in [2.45, 2.75) is 6.42 Å². The van der Waals surface area contributed by atoms with Crippen LogP contribution in [0.1, 0.15) is 6.42 Å². The van der Waals surface area contributed by atoms with E-state index in [1.807, 2.05) is 4.90 Å². The molecule has 0 aliphatic carbocycles. The molecule has 1 fully saturated rings. The highest BCUT2D eigenvalue weighted by Gasteiger charge is 2.26. The molecule has 1 atom stereocenters. The number of aromatic nitrogens is 2. The summed E-state index contributed by atoms with van der Waals surface area (Å²) in [5, 5.41) is 22.0. The molecule has 0 saturated carbocycles. The van der Waals surface area contributed by atoms with E-state index in [0.717, 1.165) is 6.42 Å². The summed E-state index contributed by atoms with van der Waals surface area (Å²) in [6.07, 6.45) is -0.248. The van der Waals surface area contributed by atoms with Gasteiger partial charge in [-0.3, -0.25) is 0 Å². The van der Waals surface area contributed by atoms with Crippen LogP contribution in [0.5, 0.6) is 5.75 Å². The Morgan fingerprint density at radius 3 is 2.86 bits per heavy atom. The zero-order valence-electron chi connectivity index (χ0n) is 15.0. The fraction of sp³-hybridized carbons (Fsp3) is 0.250. The summed E-state index contributed by atoms with van der Waals surface area (Å²) in [4.78, 5) is 21.9. The lowest BCUT2D eigenvalue weighted by Gasteiger charge is -2.20. The molecule has 2 aromatic carbocycles. The number of aromatic hydroxyl groups is 1. The predicted molar refractivity (Wildman–Crippen MR) is 103 cm³/mol. The lowest BCUT2D eigenvalue weighted by molar-refractivity contribution is 0.192. The topological polar surface area (TPSA) is 98.6 Å². The molecule has 0 spiro atoms. The summed E-state index contributed by atoms with van der Waals surface area (Å²) in [5.74, 6) is 0.777. The van der Waals surface area contributed by atoms with Crippen molar-refractivity contribution >= 4 is 22.8 Å². The second kappa shape index (κ2) is 7.30. The minimum atomic E-state index is -1.05. The zero-order valence-corrected chi connectivity index (χ0v) is 15.0. The number of carboxylic acid groups (broad SMARTS) is 1. The second-order valence-corrected chi connectivity index (χ2v) is 6.84. The van der Waals surface area contributed by atoms with E-state index in [9.17, 15) is 14.3 Å². The highest BCUT2D eigenvalue weighted by molar-refractivity contribution is 5.91. The van der Waals surface area contributed by atoms with Crippen LogP contribution in [-0.4, -0.2) is 45.9 Å². The molecule has 1 aliphatic heterocycles. The third-order valence-corrected chi connectivity index (χ3v) is 4.91. The van der Waals surface area contributed by atoms with Crippen LogP contribution in [0.4, 0.5) is 15.0 Å². The number of benzene rings is 2. The van der Waals surface area contributed by atoms with Gasteiger partial charge in [-0.15, -0.1) is 0 Å². The number of anilines is 1. The molecule has 1 saturated heterocycles. The van der Waals surface area contributed by atoms with Gasteiger partial charge >= 0.3 is 6.09 Å². The molecule has 7 nitrogen and oxygen atoms in total. The zero-order chi connectivity index (χ0) is 19.7. The van der Waals surface area contributed by atoms with Crippen LogP contribution in [0.15, 0.2) is 42.5 Å². The van der Waals surface area contributed by atoms with Gasteiger partial charge in [0, 0.05) is 25.0 Å². The van der Waals surface area contributed by atoms with Gasteiger partial charge in [0.15, 0.2) is 5.82 Å². The minimum Gasteiger partial charge on any atom is -0.507 e. The lowest BCUT2D eigenvalue weighted by Crippen LogP contribution is -2.30. The Bertz CT molecular complexity index is 1040. The number of halogens is 1. The van der Waals surface area contributed by atoms with Gasteiger partial charge in [0.25, 0.3) is 0 Å². The van der Waals surface area contributed by atoms with Crippen molar-refractivity contribution in [3.05, 3.63) is 48.3 Å². The van der Waals surface area contributed by atoms with Gasteiger partial charge in [0.1, 0.15) is 17.4 Å². The third kappa shape index (κ3) is 3.53. The van der Waals surface area contributed by atoms with Crippen LogP contribution in [-0.2, 0) is 0 Å². The monoisotopic (exact) mass is 382 g/mol. The van der Waals surface area contributed by atoms with E-state index in [2.05, 4.69) is 15.3 Å². The number of hydrogen-bond acceptors (Lipinski definition) is 5. The quantitative estimate of drug-likeness (QED) is 0.641. The molecule has 28 heavy (non-hydrogen) atoms. The first-order valence-electron chi connectivity index (χ1n) is 8.98. The molecule has 1 unspecified atom stereocenters. The maximum atomic E-state index is 13.9. The largest absolute Gasteiger partial charge is 0.507 e. The van der Waals surface area contributed by atoms with E-state index >= 15 is 0 Å². The Labute approximate surface area is 160 Å². The van der Waals surface area contributed by atoms with E-state index in [0.29, 0.717) is 47.7 Å². The molecular formula is C20H19FN4O3. The number of nitrogens with zero attached hydrogens (tertiary/aromatic N) is 3. The van der Waals surface area contributed by atoms with Crippen molar-refractivity contribution in [1.29, 1.82) is 0 Å². The third-order valence-electron chi connectivity index (χ3n) is 4.91. The number of nitrogens with one attached hydrogen (secondary N) is 1. The van der Waals surface area contributed by atoms with Crippen LogP contribution in [0.2, 0.25) is 0 Å². The summed E-state index contributed by atoms with van der Waals surface area (Å²) in [5.41, 5.74) is 1.08. The first-order valence-corrected chi connectivity index (χ1v) is 8.98. The molecule has 0 radical (unpaired) electrons. The Balaban J connectivity index is 1.75. The summed E-state index contributed by atoms with van der Waals surface area (Å²) in [6, 6.07) is 11.1. The summed E-state index contributed by atoms with van der Waals surface area (Å²) in [6.45, 7) is 1.63. The Hall–Kier alpha value is -3.42. The van der Waals surface area contributed by atoms with Crippen molar-refractivity contribution in [2.75, 3.05) is 24.5 Å². The average Bonchev–Trinajstić information content (AvgIpc) is 3.15. The number of hydrogen-bond donors (Lipinski definition) is 3. The maximum absolute atomic E-state index is 13.9. The van der Waals surface area contributed by atoms with Gasteiger partial charge in [-0.2, -0.15) is 0 Å². The number of carbonyl (C=O) groups is 1. The number of rotatable bonds is 4. The standard InChI is InChI=1S/C20H19FN4O3/c21-13-5-6-16-15(9-13)19(25-8-7-12(11-25)10-22-20(27)28)24-18(23-16)14-3-1-2-4-17(14)26/h1-6,9,12,22,26H,7-8,10-11H2,(H,27,28). The van der Waals surface area contributed by atoms with E-state index in [4.69, 9.17) is 5.11 Å². The second-order valence-electron chi connectivity index (χ2n) is 6.84. The van der Waals surface area contributed by atoms with Crippen LogP contribution in [0.3, 0.4) is 0 Å². The number of amides is 1. The van der Waals surface area contributed by atoms with Crippen molar-refractivity contribution in [3.63, 3.8) is 0 Å². The molecule has 0 bridgehead atoms. The fourth-order valence-corrected chi connectivity index (χ4v) is 3.53. The first-order chi connectivity index (χ1) is 13.5. The van der Waals surface area contributed by atoms with E-state index in [1.165, 1.54) is 12.1 Å². The highest BCUT2D eigenvalue weighted by Crippen LogP contribution is 2.33. The lowest BCUT2D eigenvalue weighted by atomic mass is 10.1. The van der Waals surface area contributed by atoms with Crippen LogP contribution in [0, 0.1) is 11.7 Å². The Morgan fingerprint density at radius 1 is 1.25 bits per heavy atom. The smallest absolute Gasteiger partial charge is 0.404 e. The first kappa shape index (κ1) is 18.0. The minimum absolute atomic E-state index is 0.0693. The summed E-state index contributed by atoms with van der Waals surface area (Å²) < 4.78 is 13.9. The summed E-state index contributed by atoms with van der Waals surface area (Å²) >= 11 is 0. The van der Waals surface area contributed by atoms with Gasteiger partial charge < -0.3 is 20.4 Å². The number of phenolic OH excluding ortho intramolecular Hbond substituents is 1. The van der Waals surface area contributed by atoms with Gasteiger partial charge in [0.05, 0.1) is 11.1 Å². The maximum Gasteiger partial charge on any atom is 0.404 e. The van der Waals surface area contributed by atoms with Crippen molar-refractivity contribution in [3.8, 4) is 17.1 Å². The van der Waals surface area contributed by atoms with Crippen molar-refractivity contribution in [2.24, 2.45) is 5.92 Å². The number of para-hydroxylation sites is 1. The van der Waals surface area contributed by atoms with Gasteiger partial charge in [-0.1, -0.05) is 12.1 Å². The number of phenols is 1. The summed E-state index contributed by atoms with van der Waals surface area (Å²) in [7, 11) is 0. The molecule has 1 aromatic heterocycles. The predicted octanol–water partition coefficient (Wildman–Crippen LogP) is 3.24. The van der Waals surface area contributed by atoms with E-state index < -0.39 is 6.09 Å². The number of fused-ring (bicyclic) bond motifs is 1. The van der Waals surface area contributed by atoms with Crippen LogP contribution >= 0.6 is 0 Å². The van der Waals surface area contributed by atoms with Gasteiger partial charge in [-0.05, 0) is 42.7 Å². The van der Waals surface area contributed by atoms with E-state index in [-0.39, 0.29) is 17.5 Å². The van der Waals surface area contributed by atoms with Crippen LogP contribution in [0.25, 0.3) is 22.3 Å². The highest BCUT2D eigenvalue weighted by atomic mass is 19.1. The average molecular weight is 382 g/mol. The van der Waals surface area contributed by atoms with Crippen molar-refractivity contribution in [1.82, 2.24) is 15.3 Å². The van der Waals surface area contributed by atoms with Gasteiger partial charge in [0.2, 0.25) is 0 Å². The normalized spacial score (nSPS) is 16.5. The SMILES string of the molecule is O=C(O)NCC1CCN(c2nc(-c3ccccc3O)nc3ccc(F)cc23)C1. The molecule has 4 rings (SSSR count).